The van der Waals surface area contributed by atoms with E-state index in [0.29, 0.717) is 0 Å². The van der Waals surface area contributed by atoms with E-state index >= 15 is 0 Å². The van der Waals surface area contributed by atoms with Gasteiger partial charge in [-0.3, -0.25) is 0 Å². The van der Waals surface area contributed by atoms with Crippen LogP contribution in [0.1, 0.15) is 11.1 Å². The van der Waals surface area contributed by atoms with Crippen LogP contribution in [0.15, 0.2) is 152 Å². The predicted octanol–water partition coefficient (Wildman–Crippen LogP) is 9.05. The van der Waals surface area contributed by atoms with Gasteiger partial charge in [0.2, 0.25) is 6.71 Å². The highest BCUT2D eigenvalue weighted by Crippen LogP contribution is 2.42. The molecule has 0 spiro atoms. The zero-order chi connectivity index (χ0) is 28.9. The number of hydrogen-bond donors (Lipinski definition) is 0. The minimum atomic E-state index is 0.268. The third-order valence-corrected chi connectivity index (χ3v) is 9.31. The van der Waals surface area contributed by atoms with Gasteiger partial charge in [0.25, 0.3) is 0 Å². The van der Waals surface area contributed by atoms with Crippen molar-refractivity contribution in [1.29, 1.82) is 0 Å². The Kier molecular flexibility index (Phi) is 6.12. The van der Waals surface area contributed by atoms with Crippen molar-refractivity contribution in [2.24, 2.45) is 0 Å². The van der Waals surface area contributed by atoms with E-state index in [2.05, 4.69) is 166 Å². The molecule has 0 unspecified atom stereocenters. The van der Waals surface area contributed by atoms with Crippen LogP contribution in [0.5, 0.6) is 0 Å². The Hall–Kier alpha value is -5.14. The molecule has 0 aliphatic carbocycles. The van der Waals surface area contributed by atoms with Gasteiger partial charge < -0.3 is 0 Å². The first-order valence-electron chi connectivity index (χ1n) is 15.2. The number of hydrogen-bond acceptors (Lipinski definition) is 0. The molecule has 0 saturated carbocycles. The summed E-state index contributed by atoms with van der Waals surface area (Å²) in [4.78, 5) is 0. The zero-order valence-electron chi connectivity index (χ0n) is 24.5. The van der Waals surface area contributed by atoms with Gasteiger partial charge in [0.1, 0.15) is 0 Å². The van der Waals surface area contributed by atoms with Crippen LogP contribution in [0.3, 0.4) is 0 Å². The highest BCUT2D eigenvalue weighted by Gasteiger charge is 2.35. The largest absolute Gasteiger partial charge is 0.242 e. The molecule has 0 N–H and O–H groups in total. The van der Waals surface area contributed by atoms with Gasteiger partial charge in [-0.15, -0.1) is 0 Å². The number of fused-ring (bicyclic) bond motifs is 4. The summed E-state index contributed by atoms with van der Waals surface area (Å²) in [5.41, 5.74) is 12.3. The van der Waals surface area contributed by atoms with Crippen molar-refractivity contribution in [3.8, 4) is 22.3 Å². The SMILES string of the molecule is Cc1ccccc1C.c1ccc(B2c3ccccc3-c3c2cc2ccc4c(-c5ccccc5)ccc5ccc3c2c54)cc1. The fourth-order valence-corrected chi connectivity index (χ4v) is 7.11. The monoisotopic (exact) mass is 546 g/mol. The summed E-state index contributed by atoms with van der Waals surface area (Å²) in [5.74, 6) is 0. The molecule has 8 aromatic rings. The van der Waals surface area contributed by atoms with Crippen LogP contribution in [-0.4, -0.2) is 6.71 Å². The first-order chi connectivity index (χ1) is 21.2. The van der Waals surface area contributed by atoms with Crippen molar-refractivity contribution in [3.63, 3.8) is 0 Å². The second-order valence-electron chi connectivity index (χ2n) is 11.8. The van der Waals surface area contributed by atoms with Crippen LogP contribution in [0.2, 0.25) is 0 Å². The van der Waals surface area contributed by atoms with Crippen LogP contribution < -0.4 is 16.4 Å². The summed E-state index contributed by atoms with van der Waals surface area (Å²) < 4.78 is 0. The molecule has 0 bridgehead atoms. The van der Waals surface area contributed by atoms with Gasteiger partial charge in [0, 0.05) is 0 Å². The Morgan fingerprint density at radius 2 is 1.00 bits per heavy atom. The van der Waals surface area contributed by atoms with Crippen LogP contribution >= 0.6 is 0 Å². The van der Waals surface area contributed by atoms with Crippen molar-refractivity contribution >= 4 is 55.4 Å². The normalized spacial score (nSPS) is 11.9. The van der Waals surface area contributed by atoms with Gasteiger partial charge in [-0.25, -0.2) is 0 Å². The maximum Gasteiger partial charge on any atom is 0.242 e. The third kappa shape index (κ3) is 4.15. The fourth-order valence-electron chi connectivity index (χ4n) is 7.11. The van der Waals surface area contributed by atoms with Crippen LogP contribution in [0.4, 0.5) is 0 Å². The van der Waals surface area contributed by atoms with E-state index in [-0.39, 0.29) is 6.71 Å². The summed E-state index contributed by atoms with van der Waals surface area (Å²) in [6.07, 6.45) is 0. The van der Waals surface area contributed by atoms with Gasteiger partial charge in [-0.1, -0.05) is 168 Å². The molecular weight excluding hydrogens is 515 g/mol. The lowest BCUT2D eigenvalue weighted by molar-refractivity contribution is 1.34. The highest BCUT2D eigenvalue weighted by molar-refractivity contribution is 6.99. The molecule has 1 aliphatic rings. The molecule has 0 aromatic heterocycles. The van der Waals surface area contributed by atoms with Crippen molar-refractivity contribution in [3.05, 3.63) is 163 Å². The van der Waals surface area contributed by atoms with Crippen LogP contribution in [0, 0.1) is 13.8 Å². The average molecular weight is 547 g/mol. The molecule has 1 heterocycles. The summed E-state index contributed by atoms with van der Waals surface area (Å²) in [5, 5.41) is 8.11. The van der Waals surface area contributed by atoms with Crippen molar-refractivity contribution in [1.82, 2.24) is 0 Å². The maximum absolute atomic E-state index is 2.46. The molecule has 1 aliphatic heterocycles. The van der Waals surface area contributed by atoms with E-state index in [1.807, 2.05) is 0 Å². The molecular formula is C42H31B. The molecule has 43 heavy (non-hydrogen) atoms. The van der Waals surface area contributed by atoms with Crippen molar-refractivity contribution in [2.45, 2.75) is 13.8 Å². The van der Waals surface area contributed by atoms with Gasteiger partial charge in [0.15, 0.2) is 0 Å². The van der Waals surface area contributed by atoms with Crippen LogP contribution in [0.25, 0.3) is 54.6 Å². The van der Waals surface area contributed by atoms with E-state index in [9.17, 15) is 0 Å². The topological polar surface area (TPSA) is 0 Å². The molecule has 0 atom stereocenters. The smallest absolute Gasteiger partial charge is 0.0686 e. The minimum Gasteiger partial charge on any atom is -0.0686 e. The molecule has 8 aromatic carbocycles. The first-order valence-corrected chi connectivity index (χ1v) is 15.2. The predicted molar refractivity (Wildman–Crippen MR) is 188 cm³/mol. The number of benzene rings is 8. The van der Waals surface area contributed by atoms with Crippen LogP contribution in [-0.2, 0) is 0 Å². The Morgan fingerprint density at radius 1 is 0.419 bits per heavy atom. The van der Waals surface area contributed by atoms with E-state index < -0.39 is 0 Å². The van der Waals surface area contributed by atoms with Gasteiger partial charge in [0.05, 0.1) is 0 Å². The molecule has 0 saturated heterocycles. The van der Waals surface area contributed by atoms with Gasteiger partial charge >= 0.3 is 0 Å². The van der Waals surface area contributed by atoms with Crippen molar-refractivity contribution in [2.75, 3.05) is 0 Å². The quantitative estimate of drug-likeness (QED) is 0.150. The fraction of sp³-hybridized carbons (Fsp3) is 0.0476. The van der Waals surface area contributed by atoms with Crippen molar-refractivity contribution < 1.29 is 0 Å². The second-order valence-corrected chi connectivity index (χ2v) is 11.8. The Balaban J connectivity index is 0.000000304. The average Bonchev–Trinajstić information content (AvgIpc) is 3.40. The number of rotatable bonds is 2. The Bertz CT molecular complexity index is 2230. The first kappa shape index (κ1) is 25.6. The third-order valence-electron chi connectivity index (χ3n) is 9.31. The molecule has 9 rings (SSSR count). The van der Waals surface area contributed by atoms with E-state index in [1.165, 1.54) is 82.1 Å². The lowest BCUT2D eigenvalue weighted by atomic mass is 9.39. The van der Waals surface area contributed by atoms with Gasteiger partial charge in [-0.05, 0) is 79.5 Å². The van der Waals surface area contributed by atoms with Gasteiger partial charge in [-0.2, -0.15) is 0 Å². The molecule has 0 radical (unpaired) electrons. The lowest BCUT2D eigenvalue weighted by Crippen LogP contribution is -2.48. The highest BCUT2D eigenvalue weighted by atomic mass is 14.2. The zero-order valence-corrected chi connectivity index (χ0v) is 24.5. The summed E-state index contributed by atoms with van der Waals surface area (Å²) in [7, 11) is 0. The summed E-state index contributed by atoms with van der Waals surface area (Å²) in [6.45, 7) is 4.51. The van der Waals surface area contributed by atoms with E-state index in [4.69, 9.17) is 0 Å². The summed E-state index contributed by atoms with van der Waals surface area (Å²) >= 11 is 0. The van der Waals surface area contributed by atoms with E-state index in [0.717, 1.165) is 0 Å². The Labute approximate surface area is 253 Å². The van der Waals surface area contributed by atoms with E-state index in [1.54, 1.807) is 0 Å². The Morgan fingerprint density at radius 3 is 1.74 bits per heavy atom. The summed E-state index contributed by atoms with van der Waals surface area (Å²) in [6, 6.07) is 55.4. The standard InChI is InChI=1S/C34H21B.C8H10/c1-3-9-22(10-4-1)26-18-15-23-16-20-29-33-24(17-19-27(26)32(23)33)21-31-34(29)28-13-7-8-14-30(28)35(31)25-11-5-2-6-12-25;1-7-5-3-4-6-8(7)2/h1-21H;3-6H,1-2H3. The number of aryl methyl sites for hydroxylation is 2. The second kappa shape index (κ2) is 10.3. The maximum atomic E-state index is 2.46. The molecule has 202 valence electrons. The lowest BCUT2D eigenvalue weighted by Gasteiger charge is -2.18. The molecule has 1 heteroatoms. The molecule has 0 fully saturated rings. The molecule has 0 nitrogen and oxygen atoms in total. The molecule has 0 amide bonds. The minimum absolute atomic E-state index is 0.268.